The van der Waals surface area contributed by atoms with Crippen LogP contribution in [-0.2, 0) is 24.6 Å². The Kier molecular flexibility index (Phi) is 11.5. The number of benzene rings is 5. The molecule has 0 aliphatic carbocycles. The number of ether oxygens (including phenoxy) is 3. The van der Waals surface area contributed by atoms with Crippen LogP contribution in [0.3, 0.4) is 0 Å². The van der Waals surface area contributed by atoms with E-state index in [0.29, 0.717) is 5.69 Å². The van der Waals surface area contributed by atoms with Gasteiger partial charge in [0.05, 0.1) is 5.56 Å². The van der Waals surface area contributed by atoms with Crippen LogP contribution in [0, 0.1) is 0 Å². The predicted molar refractivity (Wildman–Crippen MR) is 169 cm³/mol. The molecule has 0 spiro atoms. The maximum absolute atomic E-state index is 13.5. The number of hydrogen-bond donors (Lipinski definition) is 1. The second kappa shape index (κ2) is 16.2. The van der Waals surface area contributed by atoms with E-state index in [1.54, 1.807) is 18.2 Å². The van der Waals surface area contributed by atoms with E-state index in [1.807, 2.05) is 123 Å². The second-order valence-electron chi connectivity index (χ2n) is 9.27. The van der Waals surface area contributed by atoms with E-state index in [4.69, 9.17) is 14.2 Å². The molecule has 0 saturated heterocycles. The van der Waals surface area contributed by atoms with Crippen LogP contribution in [0.15, 0.2) is 133 Å². The van der Waals surface area contributed by atoms with Crippen LogP contribution >= 0.6 is 0 Å². The van der Waals surface area contributed by atoms with E-state index < -0.39 is 11.9 Å². The molecule has 0 fully saturated rings. The first kappa shape index (κ1) is 30.6. The number of amides is 1. The van der Waals surface area contributed by atoms with E-state index in [0.717, 1.165) is 16.7 Å². The van der Waals surface area contributed by atoms with Gasteiger partial charge in [0, 0.05) is 5.69 Å². The van der Waals surface area contributed by atoms with Crippen LogP contribution < -0.4 is 14.8 Å². The highest BCUT2D eigenvalue weighted by molar-refractivity contribution is 6.07. The molecular formula is C37H35NO5. The van der Waals surface area contributed by atoms with Crippen molar-refractivity contribution in [2.24, 2.45) is 0 Å². The van der Waals surface area contributed by atoms with Crippen molar-refractivity contribution in [1.29, 1.82) is 0 Å². The number of para-hydroxylation sites is 1. The van der Waals surface area contributed by atoms with Gasteiger partial charge in [0.25, 0.3) is 5.91 Å². The molecule has 0 aromatic heterocycles. The topological polar surface area (TPSA) is 73.9 Å². The summed E-state index contributed by atoms with van der Waals surface area (Å²) in [6.07, 6.45) is 0. The fourth-order valence-corrected chi connectivity index (χ4v) is 4.13. The zero-order valence-corrected chi connectivity index (χ0v) is 24.4. The highest BCUT2D eigenvalue weighted by Crippen LogP contribution is 2.32. The number of esters is 1. The maximum Gasteiger partial charge on any atom is 0.342 e. The summed E-state index contributed by atoms with van der Waals surface area (Å²) in [4.78, 5) is 26.9. The normalized spacial score (nSPS) is 10.1. The van der Waals surface area contributed by atoms with Crippen molar-refractivity contribution in [3.63, 3.8) is 0 Å². The van der Waals surface area contributed by atoms with Gasteiger partial charge in [-0.05, 0) is 41.0 Å². The average Bonchev–Trinajstić information content (AvgIpc) is 3.08. The van der Waals surface area contributed by atoms with Gasteiger partial charge in [-0.1, -0.05) is 123 Å². The zero-order valence-electron chi connectivity index (χ0n) is 24.4. The first-order valence-electron chi connectivity index (χ1n) is 14.2. The smallest absolute Gasteiger partial charge is 0.342 e. The van der Waals surface area contributed by atoms with Gasteiger partial charge in [-0.25, -0.2) is 4.79 Å². The Hall–Kier alpha value is -5.36. The van der Waals surface area contributed by atoms with Crippen LogP contribution in [-0.4, -0.2) is 11.9 Å². The van der Waals surface area contributed by atoms with Gasteiger partial charge >= 0.3 is 5.97 Å². The van der Waals surface area contributed by atoms with Crippen LogP contribution in [0.2, 0.25) is 0 Å². The summed E-state index contributed by atoms with van der Waals surface area (Å²) in [7, 11) is 0. The molecule has 0 aliphatic rings. The van der Waals surface area contributed by atoms with Crippen molar-refractivity contribution in [2.45, 2.75) is 33.7 Å². The molecule has 0 saturated carbocycles. The number of rotatable bonds is 11. The van der Waals surface area contributed by atoms with E-state index in [-0.39, 0.29) is 42.4 Å². The lowest BCUT2D eigenvalue weighted by Crippen LogP contribution is -2.16. The van der Waals surface area contributed by atoms with E-state index >= 15 is 0 Å². The van der Waals surface area contributed by atoms with Gasteiger partial charge in [-0.2, -0.15) is 0 Å². The van der Waals surface area contributed by atoms with Crippen molar-refractivity contribution < 1.29 is 23.8 Å². The van der Waals surface area contributed by atoms with Gasteiger partial charge in [0.2, 0.25) is 0 Å². The minimum atomic E-state index is -0.587. The minimum absolute atomic E-state index is 0.0915. The summed E-state index contributed by atoms with van der Waals surface area (Å²) >= 11 is 0. The third-order valence-corrected chi connectivity index (χ3v) is 6.27. The first-order chi connectivity index (χ1) is 21.2. The lowest BCUT2D eigenvalue weighted by molar-refractivity contribution is 0.0466. The minimum Gasteiger partial charge on any atom is -0.488 e. The van der Waals surface area contributed by atoms with Gasteiger partial charge in [-0.3, -0.25) is 4.79 Å². The number of anilines is 1. The van der Waals surface area contributed by atoms with Gasteiger partial charge in [0.15, 0.2) is 0 Å². The molecule has 0 radical (unpaired) electrons. The molecule has 0 unspecified atom stereocenters. The molecular weight excluding hydrogens is 538 g/mol. The molecule has 0 atom stereocenters. The average molecular weight is 574 g/mol. The standard InChI is InChI=1S/C35H29NO5.C2H6/c37-34(36-29-19-11-4-12-20-29)30-21-33(40-24-27-15-7-2-8-16-27)31(35(38)41-25-28-17-9-3-10-18-28)22-32(30)39-23-26-13-5-1-6-14-26;1-2/h1-22H,23-25H2,(H,36,37);1-2H3. The summed E-state index contributed by atoms with van der Waals surface area (Å²) in [5.41, 5.74) is 3.70. The Balaban J connectivity index is 0.00000207. The summed E-state index contributed by atoms with van der Waals surface area (Å²) in [6.45, 7) is 4.49. The number of carbonyl (C=O) groups is 2. The molecule has 0 aliphatic heterocycles. The quantitative estimate of drug-likeness (QED) is 0.160. The van der Waals surface area contributed by atoms with Gasteiger partial charge in [-0.15, -0.1) is 0 Å². The van der Waals surface area contributed by atoms with Crippen LogP contribution in [0.25, 0.3) is 0 Å². The van der Waals surface area contributed by atoms with Gasteiger partial charge < -0.3 is 19.5 Å². The van der Waals surface area contributed by atoms with Crippen molar-refractivity contribution in [3.05, 3.63) is 161 Å². The molecule has 1 N–H and O–H groups in total. The Labute approximate surface area is 252 Å². The van der Waals surface area contributed by atoms with Crippen LogP contribution in [0.4, 0.5) is 5.69 Å². The van der Waals surface area contributed by atoms with Crippen molar-refractivity contribution in [3.8, 4) is 11.5 Å². The lowest BCUT2D eigenvalue weighted by Gasteiger charge is -2.17. The number of carbonyl (C=O) groups excluding carboxylic acids is 2. The monoisotopic (exact) mass is 573 g/mol. The molecule has 5 rings (SSSR count). The van der Waals surface area contributed by atoms with Crippen molar-refractivity contribution >= 4 is 17.6 Å². The largest absolute Gasteiger partial charge is 0.488 e. The summed E-state index contributed by atoms with van der Waals surface area (Å²) in [5, 5.41) is 2.90. The second-order valence-corrected chi connectivity index (χ2v) is 9.27. The molecule has 6 heteroatoms. The highest BCUT2D eigenvalue weighted by Gasteiger charge is 2.23. The Morgan fingerprint density at radius 3 is 1.42 bits per heavy atom. The molecule has 0 bridgehead atoms. The van der Waals surface area contributed by atoms with Crippen LogP contribution in [0.5, 0.6) is 11.5 Å². The molecule has 5 aromatic rings. The zero-order chi connectivity index (χ0) is 30.3. The fourth-order valence-electron chi connectivity index (χ4n) is 4.13. The number of nitrogens with one attached hydrogen (secondary N) is 1. The fraction of sp³-hybridized carbons (Fsp3) is 0.135. The van der Waals surface area contributed by atoms with Crippen molar-refractivity contribution in [2.75, 3.05) is 5.32 Å². The van der Waals surface area contributed by atoms with E-state index in [1.165, 1.54) is 6.07 Å². The lowest BCUT2D eigenvalue weighted by atomic mass is 10.1. The molecule has 0 heterocycles. The SMILES string of the molecule is CC.O=C(Nc1ccccc1)c1cc(OCc2ccccc2)c(C(=O)OCc2ccccc2)cc1OCc1ccccc1. The van der Waals surface area contributed by atoms with Crippen molar-refractivity contribution in [1.82, 2.24) is 0 Å². The summed E-state index contributed by atoms with van der Waals surface area (Å²) in [5.74, 6) is -0.525. The molecule has 218 valence electrons. The number of hydrogen-bond acceptors (Lipinski definition) is 5. The Morgan fingerprint density at radius 1 is 0.535 bits per heavy atom. The molecule has 6 nitrogen and oxygen atoms in total. The Bertz CT molecular complexity index is 1570. The predicted octanol–water partition coefficient (Wildman–Crippen LogP) is 8.48. The van der Waals surface area contributed by atoms with E-state index in [9.17, 15) is 9.59 Å². The highest BCUT2D eigenvalue weighted by atomic mass is 16.5. The summed E-state index contributed by atoms with van der Waals surface area (Å²) in [6, 6.07) is 40.8. The Morgan fingerprint density at radius 2 is 0.930 bits per heavy atom. The van der Waals surface area contributed by atoms with E-state index in [2.05, 4.69) is 5.32 Å². The molecule has 5 aromatic carbocycles. The third-order valence-electron chi connectivity index (χ3n) is 6.27. The molecule has 43 heavy (non-hydrogen) atoms. The van der Waals surface area contributed by atoms with Crippen LogP contribution in [0.1, 0.15) is 51.3 Å². The first-order valence-corrected chi connectivity index (χ1v) is 14.2. The maximum atomic E-state index is 13.5. The summed E-state index contributed by atoms with van der Waals surface area (Å²) < 4.78 is 17.9. The molecule has 1 amide bonds. The van der Waals surface area contributed by atoms with Gasteiger partial charge in [0.1, 0.15) is 36.9 Å². The third kappa shape index (κ3) is 9.07.